The van der Waals surface area contributed by atoms with E-state index in [1.54, 1.807) is 11.7 Å². The number of aromatic nitrogens is 3. The van der Waals surface area contributed by atoms with Gasteiger partial charge in [-0.1, -0.05) is 36.4 Å². The standard InChI is InChI=1S/C25H25N5O3S/c1-28(2)19-13-11-18(12-14-19)16-29(3)22(31)17-33-25(32)23-26-24(21-10-7-15-34-21)30(27-23)20-8-5-4-6-9-20/h4-15H,16-17H2,1-3H3. The Kier molecular flexibility index (Phi) is 7.03. The summed E-state index contributed by atoms with van der Waals surface area (Å²) in [6.45, 7) is 0.0207. The average Bonchev–Trinajstić information content (AvgIpc) is 3.53. The molecule has 0 fully saturated rings. The van der Waals surface area contributed by atoms with E-state index in [-0.39, 0.29) is 18.3 Å². The summed E-state index contributed by atoms with van der Waals surface area (Å²) in [6.07, 6.45) is 0. The van der Waals surface area contributed by atoms with Gasteiger partial charge >= 0.3 is 5.97 Å². The number of hydrogen-bond donors (Lipinski definition) is 0. The van der Waals surface area contributed by atoms with Gasteiger partial charge in [0.2, 0.25) is 0 Å². The lowest BCUT2D eigenvalue weighted by Gasteiger charge is -2.18. The molecule has 0 N–H and O–H groups in total. The van der Waals surface area contributed by atoms with Crippen molar-refractivity contribution in [2.24, 2.45) is 0 Å². The molecule has 0 aliphatic carbocycles. The first kappa shape index (κ1) is 23.2. The molecule has 2 heterocycles. The van der Waals surface area contributed by atoms with E-state index in [0.29, 0.717) is 12.4 Å². The van der Waals surface area contributed by atoms with Crippen LogP contribution in [-0.4, -0.2) is 59.3 Å². The number of anilines is 1. The maximum Gasteiger partial charge on any atom is 0.378 e. The third-order valence-corrected chi connectivity index (χ3v) is 6.02. The van der Waals surface area contributed by atoms with Gasteiger partial charge < -0.3 is 14.5 Å². The normalized spacial score (nSPS) is 10.7. The number of thiophene rings is 1. The maximum atomic E-state index is 12.7. The van der Waals surface area contributed by atoms with Crippen molar-refractivity contribution in [3.8, 4) is 16.4 Å². The summed E-state index contributed by atoms with van der Waals surface area (Å²) in [5, 5.41) is 6.29. The molecule has 2 aromatic carbocycles. The molecule has 0 unspecified atom stereocenters. The predicted octanol–water partition coefficient (Wildman–Crippen LogP) is 3.88. The summed E-state index contributed by atoms with van der Waals surface area (Å²) in [4.78, 5) is 34.0. The molecule has 0 bridgehead atoms. The van der Waals surface area contributed by atoms with E-state index in [4.69, 9.17) is 4.74 Å². The number of nitrogens with zero attached hydrogens (tertiary/aromatic N) is 5. The molecule has 2 aromatic heterocycles. The molecule has 0 spiro atoms. The number of rotatable bonds is 8. The molecule has 9 heteroatoms. The Bertz CT molecular complexity index is 1250. The van der Waals surface area contributed by atoms with Crippen LogP contribution < -0.4 is 4.90 Å². The van der Waals surface area contributed by atoms with E-state index >= 15 is 0 Å². The summed E-state index contributed by atoms with van der Waals surface area (Å²) in [7, 11) is 5.62. The van der Waals surface area contributed by atoms with Gasteiger partial charge in [0.05, 0.1) is 10.6 Å². The molecular formula is C25H25N5O3S. The van der Waals surface area contributed by atoms with E-state index in [9.17, 15) is 9.59 Å². The smallest absolute Gasteiger partial charge is 0.378 e. The van der Waals surface area contributed by atoms with Crippen molar-refractivity contribution in [3.63, 3.8) is 0 Å². The van der Waals surface area contributed by atoms with Crippen molar-refractivity contribution in [2.45, 2.75) is 6.54 Å². The molecule has 0 atom stereocenters. The minimum absolute atomic E-state index is 0.0954. The van der Waals surface area contributed by atoms with Gasteiger partial charge in [-0.25, -0.2) is 9.48 Å². The second-order valence-electron chi connectivity index (χ2n) is 7.87. The van der Waals surface area contributed by atoms with Gasteiger partial charge in [-0.05, 0) is 41.3 Å². The first-order valence-electron chi connectivity index (χ1n) is 10.7. The molecular weight excluding hydrogens is 450 g/mol. The van der Waals surface area contributed by atoms with Crippen LogP contribution in [0.4, 0.5) is 5.69 Å². The largest absolute Gasteiger partial charge is 0.450 e. The highest BCUT2D eigenvalue weighted by Crippen LogP contribution is 2.25. The number of ether oxygens (including phenoxy) is 1. The summed E-state index contributed by atoms with van der Waals surface area (Å²) in [5.41, 5.74) is 2.83. The summed E-state index contributed by atoms with van der Waals surface area (Å²) in [6, 6.07) is 21.2. The van der Waals surface area contributed by atoms with E-state index in [2.05, 4.69) is 10.1 Å². The Morgan fingerprint density at radius 2 is 1.71 bits per heavy atom. The fraction of sp³-hybridized carbons (Fsp3) is 0.200. The predicted molar refractivity (Wildman–Crippen MR) is 132 cm³/mol. The van der Waals surface area contributed by atoms with Gasteiger partial charge in [0, 0.05) is 33.4 Å². The molecule has 4 aromatic rings. The fourth-order valence-corrected chi connectivity index (χ4v) is 3.98. The van der Waals surface area contributed by atoms with E-state index in [1.807, 2.05) is 91.1 Å². The van der Waals surface area contributed by atoms with Gasteiger partial charge in [0.1, 0.15) is 0 Å². The van der Waals surface area contributed by atoms with E-state index < -0.39 is 5.97 Å². The van der Waals surface area contributed by atoms with Crippen LogP contribution in [-0.2, 0) is 16.1 Å². The third-order valence-electron chi connectivity index (χ3n) is 5.16. The molecule has 174 valence electrons. The van der Waals surface area contributed by atoms with Crippen molar-refractivity contribution in [1.29, 1.82) is 0 Å². The lowest BCUT2D eigenvalue weighted by atomic mass is 10.2. The SMILES string of the molecule is CN(Cc1ccc(N(C)C)cc1)C(=O)COC(=O)c1nc(-c2cccs2)n(-c2ccccc2)n1. The number of hydrogen-bond acceptors (Lipinski definition) is 7. The summed E-state index contributed by atoms with van der Waals surface area (Å²) in [5.74, 6) is -0.615. The van der Waals surface area contributed by atoms with Crippen LogP contribution in [0.25, 0.3) is 16.4 Å². The minimum atomic E-state index is -0.746. The number of esters is 1. The molecule has 1 amide bonds. The highest BCUT2D eigenvalue weighted by atomic mass is 32.1. The second-order valence-corrected chi connectivity index (χ2v) is 8.82. The van der Waals surface area contributed by atoms with Crippen molar-refractivity contribution >= 4 is 28.9 Å². The van der Waals surface area contributed by atoms with Gasteiger partial charge in [-0.2, -0.15) is 4.98 Å². The Hall–Kier alpha value is -3.98. The van der Waals surface area contributed by atoms with Crippen LogP contribution in [0.3, 0.4) is 0 Å². The monoisotopic (exact) mass is 475 g/mol. The number of benzene rings is 2. The summed E-state index contributed by atoms with van der Waals surface area (Å²) < 4.78 is 6.85. The number of carbonyl (C=O) groups is 2. The van der Waals surface area contributed by atoms with Crippen LogP contribution >= 0.6 is 11.3 Å². The zero-order valence-electron chi connectivity index (χ0n) is 19.2. The minimum Gasteiger partial charge on any atom is -0.450 e. The first-order chi connectivity index (χ1) is 16.4. The summed E-state index contributed by atoms with van der Waals surface area (Å²) >= 11 is 1.50. The Labute approximate surface area is 202 Å². The maximum absolute atomic E-state index is 12.7. The Morgan fingerprint density at radius 1 is 0.971 bits per heavy atom. The van der Waals surface area contributed by atoms with Crippen LogP contribution in [0, 0.1) is 0 Å². The van der Waals surface area contributed by atoms with Crippen molar-refractivity contribution in [1.82, 2.24) is 19.7 Å². The number of amides is 1. The van der Waals surface area contributed by atoms with Crippen LogP contribution in [0.5, 0.6) is 0 Å². The van der Waals surface area contributed by atoms with E-state index in [0.717, 1.165) is 21.8 Å². The third kappa shape index (κ3) is 5.32. The van der Waals surface area contributed by atoms with Crippen LogP contribution in [0.1, 0.15) is 16.2 Å². The molecule has 8 nitrogen and oxygen atoms in total. The molecule has 0 saturated carbocycles. The zero-order valence-corrected chi connectivity index (χ0v) is 20.0. The molecule has 0 radical (unpaired) electrons. The zero-order chi connectivity index (χ0) is 24.1. The molecule has 0 aliphatic heterocycles. The second kappa shape index (κ2) is 10.3. The van der Waals surface area contributed by atoms with Gasteiger partial charge in [0.25, 0.3) is 11.7 Å². The van der Waals surface area contributed by atoms with Gasteiger partial charge in [0.15, 0.2) is 12.4 Å². The quantitative estimate of drug-likeness (QED) is 0.360. The fourth-order valence-electron chi connectivity index (χ4n) is 3.28. The van der Waals surface area contributed by atoms with Crippen molar-refractivity contribution < 1.29 is 14.3 Å². The lowest BCUT2D eigenvalue weighted by molar-refractivity contribution is -0.133. The van der Waals surface area contributed by atoms with Gasteiger partial charge in [-0.3, -0.25) is 4.79 Å². The average molecular weight is 476 g/mol. The highest BCUT2D eigenvalue weighted by molar-refractivity contribution is 7.13. The number of carbonyl (C=O) groups excluding carboxylic acids is 2. The number of para-hydroxylation sites is 1. The number of likely N-dealkylation sites (N-methyl/N-ethyl adjacent to an activating group) is 1. The Morgan fingerprint density at radius 3 is 2.35 bits per heavy atom. The van der Waals surface area contributed by atoms with Crippen molar-refractivity contribution in [2.75, 3.05) is 32.6 Å². The topological polar surface area (TPSA) is 80.6 Å². The van der Waals surface area contributed by atoms with Crippen LogP contribution in [0.15, 0.2) is 72.1 Å². The molecule has 34 heavy (non-hydrogen) atoms. The Balaban J connectivity index is 1.42. The van der Waals surface area contributed by atoms with Crippen LogP contribution in [0.2, 0.25) is 0 Å². The van der Waals surface area contributed by atoms with E-state index in [1.165, 1.54) is 16.2 Å². The first-order valence-corrected chi connectivity index (χ1v) is 11.5. The molecule has 4 rings (SSSR count). The van der Waals surface area contributed by atoms with Gasteiger partial charge in [-0.15, -0.1) is 16.4 Å². The molecule has 0 aliphatic rings. The van der Waals surface area contributed by atoms with Crippen molar-refractivity contribution in [3.05, 3.63) is 83.5 Å². The highest BCUT2D eigenvalue weighted by Gasteiger charge is 2.22. The molecule has 0 saturated heterocycles. The lowest BCUT2D eigenvalue weighted by Crippen LogP contribution is -2.31.